The van der Waals surface area contributed by atoms with Crippen molar-refractivity contribution in [1.29, 1.82) is 0 Å². The minimum absolute atomic E-state index is 0.641. The van der Waals surface area contributed by atoms with E-state index in [-0.39, 0.29) is 0 Å². The third-order valence-corrected chi connectivity index (χ3v) is 0.464. The summed E-state index contributed by atoms with van der Waals surface area (Å²) in [6.45, 7) is 4.20. The van der Waals surface area contributed by atoms with E-state index in [1.54, 1.807) is 0 Å². The molecule has 0 aromatic rings. The fraction of sp³-hybridized carbons (Fsp3) is 0.400. The molecule has 0 aromatic heterocycles. The molecule has 2 nitrogen and oxygen atoms in total. The van der Waals surface area contributed by atoms with Gasteiger partial charge in [0.1, 0.15) is 0 Å². The first-order chi connectivity index (χ1) is 3.66. The zero-order valence-corrected chi connectivity index (χ0v) is 4.56. The number of ether oxygens (including phenoxy) is 1. The third kappa shape index (κ3) is 3.33. The van der Waals surface area contributed by atoms with Crippen molar-refractivity contribution in [3.8, 4) is 0 Å². The molecule has 0 fully saturated rings. The van der Waals surface area contributed by atoms with Gasteiger partial charge in [0.2, 0.25) is 0 Å². The SMILES string of the molecule is C=CC(F)OC(C)=O. The highest BCUT2D eigenvalue weighted by molar-refractivity contribution is 5.66. The lowest BCUT2D eigenvalue weighted by Gasteiger charge is -1.99. The predicted octanol–water partition coefficient (Wildman–Crippen LogP) is 1.03. The minimum atomic E-state index is -1.66. The molecule has 0 aliphatic carbocycles. The number of hydrogen-bond donors (Lipinski definition) is 0. The van der Waals surface area contributed by atoms with Gasteiger partial charge in [0.05, 0.1) is 0 Å². The van der Waals surface area contributed by atoms with Crippen LogP contribution in [0, 0.1) is 0 Å². The Morgan fingerprint density at radius 1 is 2.00 bits per heavy atom. The molecule has 46 valence electrons. The standard InChI is InChI=1S/C5H7FO2/c1-3-5(6)8-4(2)7/h3,5H,1H2,2H3. The summed E-state index contributed by atoms with van der Waals surface area (Å²) in [5, 5.41) is 0. The van der Waals surface area contributed by atoms with E-state index in [2.05, 4.69) is 11.3 Å². The Morgan fingerprint density at radius 3 is 2.62 bits per heavy atom. The van der Waals surface area contributed by atoms with Crippen molar-refractivity contribution in [2.75, 3.05) is 0 Å². The molecular formula is C5H7FO2. The summed E-state index contributed by atoms with van der Waals surface area (Å²) < 4.78 is 15.8. The largest absolute Gasteiger partial charge is 0.428 e. The van der Waals surface area contributed by atoms with E-state index in [9.17, 15) is 9.18 Å². The molecule has 0 saturated heterocycles. The quantitative estimate of drug-likeness (QED) is 0.400. The normalized spacial score (nSPS) is 12.2. The van der Waals surface area contributed by atoms with E-state index in [4.69, 9.17) is 0 Å². The van der Waals surface area contributed by atoms with Crippen LogP contribution in [0.1, 0.15) is 6.92 Å². The summed E-state index contributed by atoms with van der Waals surface area (Å²) in [6.07, 6.45) is -0.756. The number of carbonyl (C=O) groups excluding carboxylic acids is 1. The van der Waals surface area contributed by atoms with E-state index < -0.39 is 12.3 Å². The number of rotatable bonds is 2. The van der Waals surface area contributed by atoms with E-state index >= 15 is 0 Å². The smallest absolute Gasteiger partial charge is 0.305 e. The molecule has 0 radical (unpaired) electrons. The molecule has 1 atom stereocenters. The van der Waals surface area contributed by atoms with Crippen LogP contribution in [0.3, 0.4) is 0 Å². The molecule has 1 unspecified atom stereocenters. The van der Waals surface area contributed by atoms with Gasteiger partial charge in [-0.05, 0) is 6.08 Å². The minimum Gasteiger partial charge on any atom is -0.428 e. The molecule has 0 heterocycles. The van der Waals surface area contributed by atoms with Crippen molar-refractivity contribution in [2.24, 2.45) is 0 Å². The zero-order chi connectivity index (χ0) is 6.57. The van der Waals surface area contributed by atoms with Crippen LogP contribution in [0.5, 0.6) is 0 Å². The Hall–Kier alpha value is -0.860. The molecule has 0 saturated carbocycles. The van der Waals surface area contributed by atoms with Gasteiger partial charge < -0.3 is 4.74 Å². The van der Waals surface area contributed by atoms with Crippen LogP contribution in [0.2, 0.25) is 0 Å². The van der Waals surface area contributed by atoms with Crippen molar-refractivity contribution >= 4 is 5.97 Å². The topological polar surface area (TPSA) is 26.3 Å². The summed E-state index contributed by atoms with van der Waals surface area (Å²) in [6, 6.07) is 0. The maximum Gasteiger partial charge on any atom is 0.305 e. The van der Waals surface area contributed by atoms with Gasteiger partial charge in [0.15, 0.2) is 0 Å². The van der Waals surface area contributed by atoms with Crippen LogP contribution in [0.15, 0.2) is 12.7 Å². The molecule has 0 spiro atoms. The van der Waals surface area contributed by atoms with Crippen molar-refractivity contribution in [1.82, 2.24) is 0 Å². The van der Waals surface area contributed by atoms with E-state index in [0.29, 0.717) is 0 Å². The Morgan fingerprint density at radius 2 is 2.50 bits per heavy atom. The zero-order valence-electron chi connectivity index (χ0n) is 4.56. The molecule has 0 bridgehead atoms. The molecule has 0 aromatic carbocycles. The van der Waals surface area contributed by atoms with Crippen LogP contribution in [-0.4, -0.2) is 12.3 Å². The summed E-state index contributed by atoms with van der Waals surface area (Å²) in [4.78, 5) is 9.90. The highest BCUT2D eigenvalue weighted by atomic mass is 19.1. The van der Waals surface area contributed by atoms with Crippen molar-refractivity contribution in [2.45, 2.75) is 13.3 Å². The Kier molecular flexibility index (Phi) is 2.84. The van der Waals surface area contributed by atoms with Gasteiger partial charge >= 0.3 is 5.97 Å². The van der Waals surface area contributed by atoms with Gasteiger partial charge in [-0.15, -0.1) is 0 Å². The molecule has 3 heteroatoms. The first-order valence-corrected chi connectivity index (χ1v) is 2.10. The average molecular weight is 118 g/mol. The van der Waals surface area contributed by atoms with Gasteiger partial charge in [-0.2, -0.15) is 4.39 Å². The second kappa shape index (κ2) is 3.18. The van der Waals surface area contributed by atoms with Gasteiger partial charge in [-0.3, -0.25) is 4.79 Å². The first kappa shape index (κ1) is 7.14. The van der Waals surface area contributed by atoms with Crippen LogP contribution >= 0.6 is 0 Å². The first-order valence-electron chi connectivity index (χ1n) is 2.10. The molecular weight excluding hydrogens is 111 g/mol. The fourth-order valence-corrected chi connectivity index (χ4v) is 0.207. The van der Waals surface area contributed by atoms with Gasteiger partial charge in [0.25, 0.3) is 6.36 Å². The molecule has 0 N–H and O–H groups in total. The van der Waals surface area contributed by atoms with Gasteiger partial charge in [-0.1, -0.05) is 6.58 Å². The summed E-state index contributed by atoms with van der Waals surface area (Å²) in [7, 11) is 0. The second-order valence-corrected chi connectivity index (χ2v) is 1.20. The number of hydrogen-bond acceptors (Lipinski definition) is 2. The Bertz CT molecular complexity index is 101. The summed E-state index contributed by atoms with van der Waals surface area (Å²) >= 11 is 0. The highest BCUT2D eigenvalue weighted by Gasteiger charge is 2.00. The maximum atomic E-state index is 11.8. The lowest BCUT2D eigenvalue weighted by molar-refractivity contribution is -0.150. The van der Waals surface area contributed by atoms with Crippen LogP contribution in [-0.2, 0) is 9.53 Å². The number of carbonyl (C=O) groups is 1. The van der Waals surface area contributed by atoms with Gasteiger partial charge in [-0.25, -0.2) is 0 Å². The van der Waals surface area contributed by atoms with Crippen LogP contribution < -0.4 is 0 Å². The fourth-order valence-electron chi connectivity index (χ4n) is 0.207. The van der Waals surface area contributed by atoms with Crippen molar-refractivity contribution in [3.63, 3.8) is 0 Å². The van der Waals surface area contributed by atoms with Crippen molar-refractivity contribution < 1.29 is 13.9 Å². The molecule has 8 heavy (non-hydrogen) atoms. The average Bonchev–Trinajstić information content (AvgIpc) is 1.65. The number of esters is 1. The lowest BCUT2D eigenvalue weighted by Crippen LogP contribution is -2.06. The van der Waals surface area contributed by atoms with Gasteiger partial charge in [0, 0.05) is 6.92 Å². The monoisotopic (exact) mass is 118 g/mol. The third-order valence-electron chi connectivity index (χ3n) is 0.464. The molecule has 0 rings (SSSR count). The maximum absolute atomic E-state index is 11.8. The lowest BCUT2D eigenvalue weighted by atomic mass is 10.6. The van der Waals surface area contributed by atoms with E-state index in [1.807, 2.05) is 0 Å². The van der Waals surface area contributed by atoms with E-state index in [0.717, 1.165) is 13.0 Å². The highest BCUT2D eigenvalue weighted by Crippen LogP contribution is 1.92. The molecule has 0 amide bonds. The Labute approximate surface area is 47.0 Å². The predicted molar refractivity (Wildman–Crippen MR) is 26.9 cm³/mol. The number of halogens is 1. The van der Waals surface area contributed by atoms with Crippen molar-refractivity contribution in [3.05, 3.63) is 12.7 Å². The summed E-state index contributed by atoms with van der Waals surface area (Å²) in [5.41, 5.74) is 0. The number of alkyl halides is 1. The van der Waals surface area contributed by atoms with Crippen LogP contribution in [0.25, 0.3) is 0 Å². The summed E-state index contributed by atoms with van der Waals surface area (Å²) in [5.74, 6) is -0.641. The molecule has 0 aliphatic heterocycles. The van der Waals surface area contributed by atoms with E-state index in [1.165, 1.54) is 0 Å². The Balaban J connectivity index is 3.38. The molecule has 0 aliphatic rings. The second-order valence-electron chi connectivity index (χ2n) is 1.20. The van der Waals surface area contributed by atoms with Crippen LogP contribution in [0.4, 0.5) is 4.39 Å².